The summed E-state index contributed by atoms with van der Waals surface area (Å²) in [5, 5.41) is 4.14. The number of hydrogen-bond acceptors (Lipinski definition) is 3. The summed E-state index contributed by atoms with van der Waals surface area (Å²) in [4.78, 5) is 15.5. The summed E-state index contributed by atoms with van der Waals surface area (Å²) < 4.78 is 14.7. The van der Waals surface area contributed by atoms with Gasteiger partial charge in [-0.25, -0.2) is 14.1 Å². The molecule has 0 unspecified atom stereocenters. The Morgan fingerprint density at radius 1 is 1.09 bits per heavy atom. The Bertz CT molecular complexity index is 797. The zero-order valence-corrected chi connectivity index (χ0v) is 11.6. The van der Waals surface area contributed by atoms with E-state index in [1.165, 1.54) is 12.1 Å². The van der Waals surface area contributed by atoms with E-state index >= 15 is 0 Å². The van der Waals surface area contributed by atoms with E-state index in [4.69, 9.17) is 5.73 Å². The number of amides is 1. The van der Waals surface area contributed by atoms with Crippen molar-refractivity contribution in [2.24, 2.45) is 5.73 Å². The van der Waals surface area contributed by atoms with Crippen molar-refractivity contribution in [1.29, 1.82) is 0 Å². The van der Waals surface area contributed by atoms with E-state index in [2.05, 4.69) is 10.1 Å². The Morgan fingerprint density at radius 3 is 2.41 bits per heavy atom. The molecular weight excluding hydrogens is 283 g/mol. The summed E-state index contributed by atoms with van der Waals surface area (Å²) in [6.45, 7) is 0.438. The smallest absolute Gasteiger partial charge is 0.288 e. The van der Waals surface area contributed by atoms with Gasteiger partial charge in [0.1, 0.15) is 5.82 Å². The first-order valence-corrected chi connectivity index (χ1v) is 6.68. The minimum atomic E-state index is -0.699. The number of carbonyl (C=O) groups excluding carboxylic acids is 1. The lowest BCUT2D eigenvalue weighted by Crippen LogP contribution is -2.13. The van der Waals surface area contributed by atoms with Crippen molar-refractivity contribution in [3.63, 3.8) is 0 Å². The molecule has 0 saturated heterocycles. The first-order chi connectivity index (χ1) is 10.6. The average Bonchev–Trinajstić information content (AvgIpc) is 2.93. The molecule has 0 radical (unpaired) electrons. The molecular formula is C16H13FN4O. The Balaban J connectivity index is 2.04. The van der Waals surface area contributed by atoms with Crippen LogP contribution < -0.4 is 5.73 Å². The molecule has 3 aromatic rings. The molecule has 0 aliphatic rings. The molecule has 22 heavy (non-hydrogen) atoms. The molecule has 0 atom stereocenters. The van der Waals surface area contributed by atoms with Crippen LogP contribution in [-0.4, -0.2) is 20.7 Å². The SMILES string of the molecule is NC(=O)c1nc(-c2ccc(F)cc2)n(Cc2ccccc2)n1. The molecule has 1 heterocycles. The number of rotatable bonds is 4. The first kappa shape index (κ1) is 13.9. The zero-order valence-electron chi connectivity index (χ0n) is 11.6. The molecule has 5 nitrogen and oxygen atoms in total. The van der Waals surface area contributed by atoms with Gasteiger partial charge in [-0.2, -0.15) is 0 Å². The second-order valence-electron chi connectivity index (χ2n) is 4.77. The Kier molecular flexibility index (Phi) is 3.65. The van der Waals surface area contributed by atoms with Gasteiger partial charge in [-0.3, -0.25) is 4.79 Å². The fourth-order valence-electron chi connectivity index (χ4n) is 2.13. The van der Waals surface area contributed by atoms with E-state index in [1.54, 1.807) is 16.8 Å². The lowest BCUT2D eigenvalue weighted by Gasteiger charge is -2.06. The average molecular weight is 296 g/mol. The van der Waals surface area contributed by atoms with Crippen molar-refractivity contribution in [2.45, 2.75) is 6.54 Å². The van der Waals surface area contributed by atoms with Crippen molar-refractivity contribution in [2.75, 3.05) is 0 Å². The van der Waals surface area contributed by atoms with Crippen LogP contribution in [0.5, 0.6) is 0 Å². The molecule has 0 spiro atoms. The van der Waals surface area contributed by atoms with Gasteiger partial charge in [-0.1, -0.05) is 30.3 Å². The van der Waals surface area contributed by atoms with Gasteiger partial charge in [0.2, 0.25) is 5.82 Å². The molecule has 0 aliphatic heterocycles. The molecule has 6 heteroatoms. The van der Waals surface area contributed by atoms with Gasteiger partial charge < -0.3 is 5.73 Å². The molecule has 0 saturated carbocycles. The molecule has 1 amide bonds. The molecule has 2 N–H and O–H groups in total. The third-order valence-electron chi connectivity index (χ3n) is 3.17. The molecule has 110 valence electrons. The van der Waals surface area contributed by atoms with Crippen molar-refractivity contribution in [1.82, 2.24) is 14.8 Å². The third kappa shape index (κ3) is 2.85. The maximum Gasteiger partial charge on any atom is 0.288 e. The maximum absolute atomic E-state index is 13.1. The van der Waals surface area contributed by atoms with Gasteiger partial charge >= 0.3 is 0 Å². The summed E-state index contributed by atoms with van der Waals surface area (Å²) in [7, 11) is 0. The molecule has 3 rings (SSSR count). The highest BCUT2D eigenvalue weighted by molar-refractivity contribution is 5.89. The van der Waals surface area contributed by atoms with Crippen LogP contribution >= 0.6 is 0 Å². The summed E-state index contributed by atoms with van der Waals surface area (Å²) >= 11 is 0. The summed E-state index contributed by atoms with van der Waals surface area (Å²) in [5.74, 6) is -0.629. The minimum absolute atomic E-state index is 0.0599. The van der Waals surface area contributed by atoms with Crippen LogP contribution in [0.1, 0.15) is 16.2 Å². The highest BCUT2D eigenvalue weighted by Gasteiger charge is 2.15. The van der Waals surface area contributed by atoms with Crippen molar-refractivity contribution in [3.05, 3.63) is 71.8 Å². The van der Waals surface area contributed by atoms with Gasteiger partial charge in [0, 0.05) is 5.56 Å². The fourth-order valence-corrected chi connectivity index (χ4v) is 2.13. The second kappa shape index (κ2) is 5.77. The molecule has 2 aromatic carbocycles. The fraction of sp³-hybridized carbons (Fsp3) is 0.0625. The highest BCUT2D eigenvalue weighted by atomic mass is 19.1. The van der Waals surface area contributed by atoms with Gasteiger partial charge in [0.25, 0.3) is 5.91 Å². The van der Waals surface area contributed by atoms with Crippen LogP contribution in [-0.2, 0) is 6.54 Å². The monoisotopic (exact) mass is 296 g/mol. The maximum atomic E-state index is 13.1. The van der Waals surface area contributed by atoms with E-state index in [-0.39, 0.29) is 11.6 Å². The van der Waals surface area contributed by atoms with Crippen LogP contribution in [0, 0.1) is 5.82 Å². The predicted molar refractivity (Wildman–Crippen MR) is 79.5 cm³/mol. The van der Waals surface area contributed by atoms with E-state index in [1.807, 2.05) is 30.3 Å². The number of benzene rings is 2. The number of aromatic nitrogens is 3. The van der Waals surface area contributed by atoms with Crippen molar-refractivity contribution < 1.29 is 9.18 Å². The Labute approximate surface area is 126 Å². The van der Waals surface area contributed by atoms with Crippen molar-refractivity contribution >= 4 is 5.91 Å². The zero-order chi connectivity index (χ0) is 15.5. The van der Waals surface area contributed by atoms with Crippen molar-refractivity contribution in [3.8, 4) is 11.4 Å². The third-order valence-corrected chi connectivity index (χ3v) is 3.17. The van der Waals surface area contributed by atoms with E-state index in [9.17, 15) is 9.18 Å². The normalized spacial score (nSPS) is 10.6. The van der Waals surface area contributed by atoms with Crippen LogP contribution in [0.4, 0.5) is 4.39 Å². The number of nitrogens with two attached hydrogens (primary N) is 1. The lowest BCUT2D eigenvalue weighted by atomic mass is 10.2. The summed E-state index contributed by atoms with van der Waals surface area (Å²) in [5.41, 5.74) is 6.92. The largest absolute Gasteiger partial charge is 0.363 e. The van der Waals surface area contributed by atoms with Crippen LogP contribution in [0.15, 0.2) is 54.6 Å². The van der Waals surface area contributed by atoms with Crippen LogP contribution in [0.3, 0.4) is 0 Å². The van der Waals surface area contributed by atoms with E-state index < -0.39 is 5.91 Å². The van der Waals surface area contributed by atoms with Crippen LogP contribution in [0.2, 0.25) is 0 Å². The highest BCUT2D eigenvalue weighted by Crippen LogP contribution is 2.19. The molecule has 1 aromatic heterocycles. The van der Waals surface area contributed by atoms with Gasteiger partial charge in [-0.05, 0) is 29.8 Å². The summed E-state index contributed by atoms with van der Waals surface area (Å²) in [6, 6.07) is 15.5. The van der Waals surface area contributed by atoms with Gasteiger partial charge in [0.15, 0.2) is 5.82 Å². The number of primary amides is 1. The Morgan fingerprint density at radius 2 is 1.77 bits per heavy atom. The first-order valence-electron chi connectivity index (χ1n) is 6.68. The number of nitrogens with zero attached hydrogens (tertiary/aromatic N) is 3. The molecule has 0 aliphatic carbocycles. The standard InChI is InChI=1S/C16H13FN4O/c17-13-8-6-12(7-9-13)16-19-15(14(18)22)20-21(16)10-11-4-2-1-3-5-11/h1-9H,10H2,(H2,18,22). The topological polar surface area (TPSA) is 73.8 Å². The predicted octanol–water partition coefficient (Wildman–Crippen LogP) is 2.23. The number of carbonyl (C=O) groups is 1. The second-order valence-corrected chi connectivity index (χ2v) is 4.77. The molecule has 0 fully saturated rings. The van der Waals surface area contributed by atoms with Crippen LogP contribution in [0.25, 0.3) is 11.4 Å². The quantitative estimate of drug-likeness (QED) is 0.802. The minimum Gasteiger partial charge on any atom is -0.363 e. The molecule has 0 bridgehead atoms. The van der Waals surface area contributed by atoms with Gasteiger partial charge in [0.05, 0.1) is 6.54 Å². The van der Waals surface area contributed by atoms with Gasteiger partial charge in [-0.15, -0.1) is 5.10 Å². The Hall–Kier alpha value is -3.02. The number of hydrogen-bond donors (Lipinski definition) is 1. The summed E-state index contributed by atoms with van der Waals surface area (Å²) in [6.07, 6.45) is 0. The van der Waals surface area contributed by atoms with E-state index in [0.717, 1.165) is 5.56 Å². The number of halogens is 1. The van der Waals surface area contributed by atoms with E-state index in [0.29, 0.717) is 17.9 Å². The lowest BCUT2D eigenvalue weighted by molar-refractivity contribution is 0.0990.